The second-order valence-electron chi connectivity index (χ2n) is 6.05. The maximum Gasteiger partial charge on any atom is 0.240 e. The number of primary amides is 1. The van der Waals surface area contributed by atoms with Gasteiger partial charge in [-0.1, -0.05) is 0 Å². The van der Waals surface area contributed by atoms with Gasteiger partial charge in [0.1, 0.15) is 0 Å². The first-order chi connectivity index (χ1) is 9.92. The Morgan fingerprint density at radius 1 is 1.14 bits per heavy atom. The van der Waals surface area contributed by atoms with Crippen molar-refractivity contribution in [2.75, 3.05) is 20.1 Å². The lowest BCUT2D eigenvalue weighted by Gasteiger charge is -2.22. The molecule has 126 valence electrons. The molecule has 0 saturated heterocycles. The molecule has 0 aromatic carbocycles. The van der Waals surface area contributed by atoms with E-state index >= 15 is 0 Å². The van der Waals surface area contributed by atoms with Crippen LogP contribution in [0.4, 0.5) is 0 Å². The largest absolute Gasteiger partial charge is 0.370 e. The number of carbonyl (C=O) groups is 4. The summed E-state index contributed by atoms with van der Waals surface area (Å²) in [5.41, 5.74) is 10.1. The number of hydrogen-bond donors (Lipinski definition) is 4. The molecule has 0 aliphatic heterocycles. The molecule has 0 aromatic heterocycles. The fraction of sp³-hybridized carbons (Fsp3) is 0.692. The van der Waals surface area contributed by atoms with Crippen molar-refractivity contribution in [1.29, 1.82) is 0 Å². The van der Waals surface area contributed by atoms with Crippen molar-refractivity contribution >= 4 is 23.6 Å². The van der Waals surface area contributed by atoms with Crippen LogP contribution >= 0.6 is 0 Å². The number of nitrogens with one attached hydrogen (secondary N) is 2. The first-order valence-corrected chi connectivity index (χ1v) is 6.79. The zero-order valence-corrected chi connectivity index (χ0v) is 13.4. The summed E-state index contributed by atoms with van der Waals surface area (Å²) in [6, 6.07) is -1.08. The summed E-state index contributed by atoms with van der Waals surface area (Å²) < 4.78 is 0. The Bertz CT molecular complexity index is 444. The Morgan fingerprint density at radius 2 is 1.68 bits per heavy atom. The van der Waals surface area contributed by atoms with Crippen LogP contribution in [0.15, 0.2) is 0 Å². The lowest BCUT2D eigenvalue weighted by molar-refractivity contribution is -0.137. The van der Waals surface area contributed by atoms with E-state index in [0.29, 0.717) is 0 Å². The summed E-state index contributed by atoms with van der Waals surface area (Å²) in [5, 5.41) is 5.08. The molecule has 9 heteroatoms. The molecule has 0 unspecified atom stereocenters. The van der Waals surface area contributed by atoms with Crippen LogP contribution in [0.3, 0.4) is 0 Å². The second kappa shape index (κ2) is 8.32. The molecular weight excluding hydrogens is 290 g/mol. The molecule has 0 aliphatic carbocycles. The van der Waals surface area contributed by atoms with Crippen molar-refractivity contribution in [1.82, 2.24) is 15.5 Å². The smallest absolute Gasteiger partial charge is 0.240 e. The van der Waals surface area contributed by atoms with E-state index < -0.39 is 29.3 Å². The molecule has 0 bridgehead atoms. The Hall–Kier alpha value is -2.16. The highest BCUT2D eigenvalue weighted by molar-refractivity contribution is 5.91. The Labute approximate surface area is 129 Å². The minimum atomic E-state index is -1.08. The molecule has 0 rings (SSSR count). The van der Waals surface area contributed by atoms with E-state index in [4.69, 9.17) is 11.5 Å². The summed E-state index contributed by atoms with van der Waals surface area (Å²) in [5.74, 6) is -2.11. The first kappa shape index (κ1) is 19.8. The third-order valence-electron chi connectivity index (χ3n) is 2.46. The maximum atomic E-state index is 11.8. The Morgan fingerprint density at radius 3 is 2.14 bits per heavy atom. The van der Waals surface area contributed by atoms with Gasteiger partial charge in [-0.2, -0.15) is 0 Å². The second-order valence-corrected chi connectivity index (χ2v) is 6.05. The average Bonchev–Trinajstić information content (AvgIpc) is 2.32. The van der Waals surface area contributed by atoms with Gasteiger partial charge in [-0.25, -0.2) is 0 Å². The normalized spacial score (nSPS) is 12.2. The van der Waals surface area contributed by atoms with Crippen molar-refractivity contribution in [3.63, 3.8) is 0 Å². The van der Waals surface area contributed by atoms with Gasteiger partial charge >= 0.3 is 0 Å². The van der Waals surface area contributed by atoms with Crippen LogP contribution in [0.1, 0.15) is 27.2 Å². The molecule has 1 atom stereocenters. The van der Waals surface area contributed by atoms with Gasteiger partial charge in [0.2, 0.25) is 23.6 Å². The predicted octanol–water partition coefficient (Wildman–Crippen LogP) is -2.32. The highest BCUT2D eigenvalue weighted by Gasteiger charge is 2.22. The van der Waals surface area contributed by atoms with E-state index in [1.165, 1.54) is 7.05 Å². The standard InChI is InChI=1S/C13H25N5O4/c1-13(2,3)17-10(20)6-16-11(21)7-18(4)12(22)8(14)5-9(15)19/h8H,5-7,14H2,1-4H3,(H2,15,19)(H,16,21)(H,17,20)/t8-/m0/s1. The van der Waals surface area contributed by atoms with Crippen LogP contribution in [0.5, 0.6) is 0 Å². The van der Waals surface area contributed by atoms with E-state index in [0.717, 1.165) is 4.90 Å². The zero-order valence-electron chi connectivity index (χ0n) is 13.4. The quantitative estimate of drug-likeness (QED) is 0.416. The summed E-state index contributed by atoms with van der Waals surface area (Å²) in [6.07, 6.45) is -0.293. The van der Waals surface area contributed by atoms with Crippen molar-refractivity contribution in [3.05, 3.63) is 0 Å². The molecule has 0 spiro atoms. The molecular formula is C13H25N5O4. The third kappa shape index (κ3) is 8.90. The summed E-state index contributed by atoms with van der Waals surface area (Å²) >= 11 is 0. The fourth-order valence-corrected chi connectivity index (χ4v) is 1.58. The van der Waals surface area contributed by atoms with Gasteiger partial charge in [-0.15, -0.1) is 0 Å². The molecule has 0 saturated carbocycles. The van der Waals surface area contributed by atoms with Gasteiger partial charge in [0.05, 0.1) is 25.6 Å². The summed E-state index contributed by atoms with van der Waals surface area (Å²) in [7, 11) is 1.37. The monoisotopic (exact) mass is 315 g/mol. The molecule has 4 amide bonds. The van der Waals surface area contributed by atoms with Gasteiger partial charge in [0, 0.05) is 12.6 Å². The number of hydrogen-bond acceptors (Lipinski definition) is 5. The highest BCUT2D eigenvalue weighted by Crippen LogP contribution is 1.97. The Balaban J connectivity index is 4.23. The fourth-order valence-electron chi connectivity index (χ4n) is 1.58. The van der Waals surface area contributed by atoms with E-state index in [9.17, 15) is 19.2 Å². The molecule has 9 nitrogen and oxygen atoms in total. The van der Waals surface area contributed by atoms with Gasteiger partial charge in [-0.3, -0.25) is 19.2 Å². The van der Waals surface area contributed by atoms with E-state index in [-0.39, 0.29) is 25.4 Å². The lowest BCUT2D eigenvalue weighted by Crippen LogP contribution is -2.49. The zero-order chi connectivity index (χ0) is 17.5. The predicted molar refractivity (Wildman–Crippen MR) is 80.3 cm³/mol. The molecule has 6 N–H and O–H groups in total. The molecule has 0 heterocycles. The van der Waals surface area contributed by atoms with E-state index in [1.807, 2.05) is 20.8 Å². The van der Waals surface area contributed by atoms with E-state index in [2.05, 4.69) is 10.6 Å². The average molecular weight is 315 g/mol. The number of rotatable bonds is 7. The van der Waals surface area contributed by atoms with Crippen LogP contribution in [-0.4, -0.2) is 60.2 Å². The summed E-state index contributed by atoms with van der Waals surface area (Å²) in [6.45, 7) is 5.00. The molecule has 22 heavy (non-hydrogen) atoms. The van der Waals surface area contributed by atoms with Crippen molar-refractivity contribution in [2.45, 2.75) is 38.8 Å². The van der Waals surface area contributed by atoms with Crippen LogP contribution in [0.2, 0.25) is 0 Å². The number of amides is 4. The molecule has 0 fully saturated rings. The first-order valence-electron chi connectivity index (χ1n) is 6.79. The van der Waals surface area contributed by atoms with Gasteiger partial charge < -0.3 is 27.0 Å². The minimum absolute atomic E-state index is 0.189. The molecule has 0 aromatic rings. The van der Waals surface area contributed by atoms with Crippen molar-refractivity contribution < 1.29 is 19.2 Å². The van der Waals surface area contributed by atoms with Crippen LogP contribution in [0.25, 0.3) is 0 Å². The number of nitrogens with zero attached hydrogens (tertiary/aromatic N) is 1. The van der Waals surface area contributed by atoms with Crippen LogP contribution in [-0.2, 0) is 19.2 Å². The third-order valence-corrected chi connectivity index (χ3v) is 2.46. The Kier molecular flexibility index (Phi) is 7.51. The van der Waals surface area contributed by atoms with Crippen molar-refractivity contribution in [2.24, 2.45) is 11.5 Å². The lowest BCUT2D eigenvalue weighted by atomic mass is 10.1. The number of nitrogens with two attached hydrogens (primary N) is 2. The number of likely N-dealkylation sites (N-methyl/N-ethyl adjacent to an activating group) is 1. The molecule has 0 radical (unpaired) electrons. The minimum Gasteiger partial charge on any atom is -0.370 e. The van der Waals surface area contributed by atoms with Gasteiger partial charge in [0.15, 0.2) is 0 Å². The highest BCUT2D eigenvalue weighted by atomic mass is 16.2. The van der Waals surface area contributed by atoms with Gasteiger partial charge in [0.25, 0.3) is 0 Å². The van der Waals surface area contributed by atoms with E-state index in [1.54, 1.807) is 0 Å². The molecule has 0 aliphatic rings. The number of carbonyl (C=O) groups excluding carboxylic acids is 4. The summed E-state index contributed by atoms with van der Waals surface area (Å²) in [4.78, 5) is 46.7. The topological polar surface area (TPSA) is 148 Å². The van der Waals surface area contributed by atoms with Gasteiger partial charge in [-0.05, 0) is 20.8 Å². The van der Waals surface area contributed by atoms with Crippen LogP contribution in [0, 0.1) is 0 Å². The van der Waals surface area contributed by atoms with Crippen molar-refractivity contribution in [3.8, 4) is 0 Å². The van der Waals surface area contributed by atoms with Crippen LogP contribution < -0.4 is 22.1 Å². The SMILES string of the molecule is CN(CC(=O)NCC(=O)NC(C)(C)C)C(=O)[C@@H](N)CC(N)=O. The maximum absolute atomic E-state index is 11.8.